The second kappa shape index (κ2) is 8.11. The minimum absolute atomic E-state index is 0.147. The maximum Gasteiger partial charge on any atom is 0.341 e. The smallest absolute Gasteiger partial charge is 0.341 e. The van der Waals surface area contributed by atoms with E-state index >= 15 is 0 Å². The molecule has 0 N–H and O–H groups in total. The summed E-state index contributed by atoms with van der Waals surface area (Å²) in [5, 5.41) is 0. The van der Waals surface area contributed by atoms with E-state index in [1.54, 1.807) is 6.07 Å². The van der Waals surface area contributed by atoms with E-state index in [1.807, 2.05) is 31.2 Å². The van der Waals surface area contributed by atoms with E-state index in [1.165, 1.54) is 19.2 Å². The van der Waals surface area contributed by atoms with Gasteiger partial charge in [-0.3, -0.25) is 0 Å². The van der Waals surface area contributed by atoms with Gasteiger partial charge in [0.25, 0.3) is 0 Å². The van der Waals surface area contributed by atoms with Crippen LogP contribution >= 0.6 is 0 Å². The lowest BCUT2D eigenvalue weighted by atomic mass is 10.2. The Kier molecular flexibility index (Phi) is 6.14. The second-order valence-corrected chi connectivity index (χ2v) is 7.07. The van der Waals surface area contributed by atoms with Crippen LogP contribution in [0.15, 0.2) is 53.4 Å². The van der Waals surface area contributed by atoms with Gasteiger partial charge in [-0.15, -0.1) is 0 Å². The van der Waals surface area contributed by atoms with Crippen LogP contribution in [-0.4, -0.2) is 21.3 Å². The zero-order valence-electron chi connectivity index (χ0n) is 13.8. The highest BCUT2D eigenvalue weighted by atomic mass is 32.2. The number of sulfone groups is 1. The fraction of sp³-hybridized carbons (Fsp3) is 0.222. The molecule has 0 bridgehead atoms. The summed E-state index contributed by atoms with van der Waals surface area (Å²) in [4.78, 5) is -0.417. The average Bonchev–Trinajstić information content (AvgIpc) is 2.61. The molecule has 0 fully saturated rings. The predicted octanol–water partition coefficient (Wildman–Crippen LogP) is 4.30. The number of hydrogen-bond acceptors (Lipinski definition) is 4. The average molecular weight is 368 g/mol. The van der Waals surface area contributed by atoms with Crippen LogP contribution in [0, 0.1) is 0 Å². The van der Waals surface area contributed by atoms with E-state index in [0.717, 1.165) is 17.7 Å². The highest BCUT2D eigenvalue weighted by molar-refractivity contribution is 7.91. The number of alkyl halides is 2. The van der Waals surface area contributed by atoms with Gasteiger partial charge in [-0.25, -0.2) is 8.42 Å². The van der Waals surface area contributed by atoms with E-state index in [2.05, 4.69) is 0 Å². The summed E-state index contributed by atoms with van der Waals surface area (Å²) in [6.07, 6.45) is 3.83. The number of allylic oxidation sites excluding steroid dienone is 1. The molecule has 0 radical (unpaired) electrons. The summed E-state index contributed by atoms with van der Waals surface area (Å²) in [6, 6.07) is 10.6. The van der Waals surface area contributed by atoms with Crippen molar-refractivity contribution >= 4 is 15.9 Å². The van der Waals surface area contributed by atoms with Crippen molar-refractivity contribution in [2.75, 3.05) is 7.11 Å². The molecule has 134 valence electrons. The normalized spacial score (nSPS) is 11.9. The molecule has 0 aliphatic heterocycles. The first-order valence-electron chi connectivity index (χ1n) is 7.43. The molecule has 0 amide bonds. The highest BCUT2D eigenvalue weighted by Crippen LogP contribution is 2.29. The van der Waals surface area contributed by atoms with E-state index < -0.39 is 20.5 Å². The first kappa shape index (κ1) is 18.9. The topological polar surface area (TPSA) is 52.6 Å². The fourth-order valence-electron chi connectivity index (χ4n) is 2.14. The van der Waals surface area contributed by atoms with Gasteiger partial charge in [0.15, 0.2) is 11.5 Å². The van der Waals surface area contributed by atoms with Crippen molar-refractivity contribution in [2.45, 2.75) is 24.2 Å². The first-order valence-corrected chi connectivity index (χ1v) is 8.97. The summed E-state index contributed by atoms with van der Waals surface area (Å²) < 4.78 is 58.8. The van der Waals surface area contributed by atoms with Crippen molar-refractivity contribution in [1.29, 1.82) is 0 Å². The Balaban J connectivity index is 2.12. The van der Waals surface area contributed by atoms with Gasteiger partial charge in [0, 0.05) is 0 Å². The van der Waals surface area contributed by atoms with Crippen molar-refractivity contribution in [1.82, 2.24) is 0 Å². The van der Waals surface area contributed by atoms with Gasteiger partial charge in [-0.05, 0) is 42.3 Å². The Labute approximate surface area is 145 Å². The lowest BCUT2D eigenvalue weighted by molar-refractivity contribution is 0.234. The molecule has 0 aliphatic carbocycles. The molecule has 0 aromatic heterocycles. The summed E-state index contributed by atoms with van der Waals surface area (Å²) in [7, 11) is -3.05. The minimum Gasteiger partial charge on any atom is -0.493 e. The monoisotopic (exact) mass is 368 g/mol. The van der Waals surface area contributed by atoms with E-state index in [0.29, 0.717) is 17.1 Å². The zero-order valence-corrected chi connectivity index (χ0v) is 14.6. The number of ether oxygens (including phenoxy) is 2. The zero-order chi connectivity index (χ0) is 18.4. The number of hydrogen-bond donors (Lipinski definition) is 0. The summed E-state index contributed by atoms with van der Waals surface area (Å²) in [5.41, 5.74) is 1.61. The number of rotatable bonds is 7. The van der Waals surface area contributed by atoms with Gasteiger partial charge in [0.05, 0.1) is 12.0 Å². The molecule has 0 unspecified atom stereocenters. The molecule has 2 aromatic rings. The Morgan fingerprint density at radius 1 is 1.08 bits per heavy atom. The molecule has 0 aliphatic rings. The van der Waals surface area contributed by atoms with Crippen LogP contribution in [0.2, 0.25) is 0 Å². The van der Waals surface area contributed by atoms with E-state index in [-0.39, 0.29) is 6.61 Å². The second-order valence-electron chi connectivity index (χ2n) is 5.15. The van der Waals surface area contributed by atoms with Gasteiger partial charge < -0.3 is 9.47 Å². The number of benzene rings is 2. The van der Waals surface area contributed by atoms with Gasteiger partial charge in [-0.1, -0.05) is 30.4 Å². The van der Waals surface area contributed by atoms with Crippen molar-refractivity contribution in [3.8, 4) is 11.5 Å². The third-order valence-electron chi connectivity index (χ3n) is 3.43. The SMILES string of the molecule is C/C=C/c1ccc(OCc2ccc(S(=O)(=O)C(F)F)cc2)c(OC)c1. The molecule has 25 heavy (non-hydrogen) atoms. The van der Waals surface area contributed by atoms with Crippen LogP contribution < -0.4 is 9.47 Å². The Bertz CT molecular complexity index is 844. The molecule has 0 atom stereocenters. The Morgan fingerprint density at radius 2 is 1.76 bits per heavy atom. The van der Waals surface area contributed by atoms with Crippen molar-refractivity contribution in [3.63, 3.8) is 0 Å². The lowest BCUT2D eigenvalue weighted by Gasteiger charge is -2.12. The van der Waals surface area contributed by atoms with Crippen LogP contribution in [0.1, 0.15) is 18.1 Å². The van der Waals surface area contributed by atoms with Gasteiger partial charge in [0.2, 0.25) is 9.84 Å². The summed E-state index contributed by atoms with van der Waals surface area (Å²) >= 11 is 0. The maximum absolute atomic E-state index is 12.5. The van der Waals surface area contributed by atoms with Gasteiger partial charge in [0.1, 0.15) is 6.61 Å². The molecular weight excluding hydrogens is 350 g/mol. The fourth-order valence-corrected chi connectivity index (χ4v) is 2.86. The molecule has 0 saturated carbocycles. The molecular formula is C18H18F2O4S. The largest absolute Gasteiger partial charge is 0.493 e. The Morgan fingerprint density at radius 3 is 2.32 bits per heavy atom. The molecule has 4 nitrogen and oxygen atoms in total. The maximum atomic E-state index is 12.5. The number of halogens is 2. The third-order valence-corrected chi connectivity index (χ3v) is 4.83. The van der Waals surface area contributed by atoms with Crippen molar-refractivity contribution in [3.05, 3.63) is 59.7 Å². The van der Waals surface area contributed by atoms with Gasteiger partial charge >= 0.3 is 5.76 Å². The van der Waals surface area contributed by atoms with Crippen LogP contribution in [0.4, 0.5) is 8.78 Å². The minimum atomic E-state index is -4.58. The quantitative estimate of drug-likeness (QED) is 0.731. The molecule has 2 rings (SSSR count). The molecule has 0 spiro atoms. The molecule has 0 heterocycles. The van der Waals surface area contributed by atoms with Crippen molar-refractivity contribution in [2.24, 2.45) is 0 Å². The van der Waals surface area contributed by atoms with Gasteiger partial charge in [-0.2, -0.15) is 8.78 Å². The number of methoxy groups -OCH3 is 1. The molecule has 0 saturated heterocycles. The van der Waals surface area contributed by atoms with Crippen LogP contribution in [0.3, 0.4) is 0 Å². The molecule has 2 aromatic carbocycles. The Hall–Kier alpha value is -2.41. The molecule has 7 heteroatoms. The van der Waals surface area contributed by atoms with Crippen LogP contribution in [0.25, 0.3) is 6.08 Å². The van der Waals surface area contributed by atoms with Crippen molar-refractivity contribution < 1.29 is 26.7 Å². The van der Waals surface area contributed by atoms with Crippen LogP contribution in [-0.2, 0) is 16.4 Å². The first-order chi connectivity index (χ1) is 11.9. The third kappa shape index (κ3) is 4.57. The van der Waals surface area contributed by atoms with E-state index in [4.69, 9.17) is 9.47 Å². The predicted molar refractivity (Wildman–Crippen MR) is 91.7 cm³/mol. The van der Waals surface area contributed by atoms with Crippen LogP contribution in [0.5, 0.6) is 11.5 Å². The summed E-state index contributed by atoms with van der Waals surface area (Å²) in [5.74, 6) is -2.35. The highest BCUT2D eigenvalue weighted by Gasteiger charge is 2.26. The lowest BCUT2D eigenvalue weighted by Crippen LogP contribution is -2.11. The summed E-state index contributed by atoms with van der Waals surface area (Å²) in [6.45, 7) is 2.06. The van der Waals surface area contributed by atoms with E-state index in [9.17, 15) is 17.2 Å². The standard InChI is InChI=1S/C18H18F2O4S/c1-3-4-13-7-10-16(17(11-13)23-2)24-12-14-5-8-15(9-6-14)25(21,22)18(19)20/h3-11,18H,12H2,1-2H3/b4-3+.